The number of nitrogens with zero attached hydrogens (tertiary/aromatic N) is 1. The number of ether oxygens (including phenoxy) is 3. The predicted octanol–water partition coefficient (Wildman–Crippen LogP) is 3.80. The molecule has 0 saturated heterocycles. The summed E-state index contributed by atoms with van der Waals surface area (Å²) in [5.74, 6) is -3.20. The second kappa shape index (κ2) is 10.8. The summed E-state index contributed by atoms with van der Waals surface area (Å²) in [6, 6.07) is 12.7. The van der Waals surface area contributed by atoms with Crippen LogP contribution >= 0.6 is 0 Å². The molecule has 188 valence electrons. The first-order valence-corrected chi connectivity index (χ1v) is 12.0. The maximum atomic E-state index is 14.2. The number of hydrogen-bond acceptors (Lipinski definition) is 8. The zero-order valence-corrected chi connectivity index (χ0v) is 20.9. The van der Waals surface area contributed by atoms with E-state index < -0.39 is 29.7 Å². The van der Waals surface area contributed by atoms with Gasteiger partial charge in [-0.05, 0) is 57.0 Å². The van der Waals surface area contributed by atoms with Crippen molar-refractivity contribution in [2.45, 2.75) is 39.0 Å². The minimum Gasteiger partial charge on any atom is -0.497 e. The van der Waals surface area contributed by atoms with E-state index in [0.29, 0.717) is 40.4 Å². The fraction of sp³-hybridized carbons (Fsp3) is 0.357. The Kier molecular flexibility index (Phi) is 7.52. The summed E-state index contributed by atoms with van der Waals surface area (Å²) in [5, 5.41) is 3.28. The molecule has 0 bridgehead atoms. The third-order valence-electron chi connectivity index (χ3n) is 6.56. The lowest BCUT2D eigenvalue weighted by Gasteiger charge is -2.39. The van der Waals surface area contributed by atoms with Crippen molar-refractivity contribution < 1.29 is 28.6 Å². The summed E-state index contributed by atoms with van der Waals surface area (Å²) in [6.07, 6.45) is 1.99. The number of Topliss-reactive ketones (excluding diaryl/α,β-unsaturated/α-hetero) is 1. The highest BCUT2D eigenvalue weighted by Crippen LogP contribution is 2.48. The number of carbonyl (C=O) groups is 3. The number of carbonyl (C=O) groups excluding carboxylic acids is 3. The van der Waals surface area contributed by atoms with Crippen molar-refractivity contribution >= 4 is 17.7 Å². The maximum absolute atomic E-state index is 14.2. The van der Waals surface area contributed by atoms with Gasteiger partial charge in [-0.3, -0.25) is 14.6 Å². The lowest BCUT2D eigenvalue weighted by Crippen LogP contribution is -2.43. The van der Waals surface area contributed by atoms with E-state index >= 15 is 0 Å². The molecule has 1 aliphatic carbocycles. The van der Waals surface area contributed by atoms with Gasteiger partial charge in [0.2, 0.25) is 0 Å². The van der Waals surface area contributed by atoms with Crippen LogP contribution in [0.5, 0.6) is 5.75 Å². The Balaban J connectivity index is 1.88. The number of esters is 2. The van der Waals surface area contributed by atoms with Gasteiger partial charge in [0.05, 0.1) is 37.5 Å². The molecule has 8 nitrogen and oxygen atoms in total. The minimum absolute atomic E-state index is 0.147. The molecule has 1 aromatic carbocycles. The summed E-state index contributed by atoms with van der Waals surface area (Å²) in [4.78, 5) is 44.9. The van der Waals surface area contributed by atoms with Gasteiger partial charge >= 0.3 is 11.9 Å². The molecule has 1 N–H and O–H groups in total. The Bertz CT molecular complexity index is 1230. The molecule has 8 heteroatoms. The number of ketones is 1. The van der Waals surface area contributed by atoms with Crippen LogP contribution in [-0.2, 0) is 23.9 Å². The average Bonchev–Trinajstić information content (AvgIpc) is 2.88. The van der Waals surface area contributed by atoms with E-state index in [1.165, 1.54) is 0 Å². The summed E-state index contributed by atoms with van der Waals surface area (Å²) in [5.41, 5.74) is 3.24. The van der Waals surface area contributed by atoms with Crippen LogP contribution in [0.2, 0.25) is 0 Å². The van der Waals surface area contributed by atoms with Gasteiger partial charge in [0.15, 0.2) is 5.78 Å². The molecule has 1 aromatic heterocycles. The van der Waals surface area contributed by atoms with E-state index in [-0.39, 0.29) is 19.0 Å². The van der Waals surface area contributed by atoms with Crippen LogP contribution in [0, 0.1) is 5.92 Å². The second-order valence-electron chi connectivity index (χ2n) is 8.65. The molecule has 2 heterocycles. The van der Waals surface area contributed by atoms with Crippen LogP contribution in [0.3, 0.4) is 0 Å². The van der Waals surface area contributed by atoms with E-state index in [4.69, 9.17) is 14.2 Å². The number of aromatic nitrogens is 1. The molecule has 2 aliphatic rings. The molecule has 1 aliphatic heterocycles. The monoisotopic (exact) mass is 490 g/mol. The summed E-state index contributed by atoms with van der Waals surface area (Å²) < 4.78 is 16.1. The standard InChI is InChI=1S/C28H30N2O6/c1-5-35-27(32)22-16(3)30-21-15-19(17-10-9-11-18(14-17)34-4)23(28(33)36-6-2)26(31)25(21)24(22)20-12-7-8-13-29-20/h7-14,19,23-24,30H,5-6,15H2,1-4H3/t19-,23-,24-/m1/s1. The molecule has 36 heavy (non-hydrogen) atoms. The predicted molar refractivity (Wildman–Crippen MR) is 132 cm³/mol. The summed E-state index contributed by atoms with van der Waals surface area (Å²) >= 11 is 0. The van der Waals surface area contributed by atoms with Gasteiger partial charge in [0.25, 0.3) is 0 Å². The normalized spacial score (nSPS) is 21.4. The zero-order chi connectivity index (χ0) is 25.8. The molecular formula is C28H30N2O6. The van der Waals surface area contributed by atoms with Crippen molar-refractivity contribution in [3.05, 3.63) is 82.5 Å². The number of allylic oxidation sites excluding steroid dienone is 3. The Hall–Kier alpha value is -3.94. The highest BCUT2D eigenvalue weighted by Gasteiger charge is 2.49. The third-order valence-corrected chi connectivity index (χ3v) is 6.56. The van der Waals surface area contributed by atoms with Crippen molar-refractivity contribution in [3.8, 4) is 5.75 Å². The van der Waals surface area contributed by atoms with Gasteiger partial charge < -0.3 is 19.5 Å². The second-order valence-corrected chi connectivity index (χ2v) is 8.65. The van der Waals surface area contributed by atoms with Gasteiger partial charge in [-0.15, -0.1) is 0 Å². The number of benzene rings is 1. The number of nitrogens with one attached hydrogen (secondary N) is 1. The summed E-state index contributed by atoms with van der Waals surface area (Å²) in [6.45, 7) is 5.56. The lowest BCUT2D eigenvalue weighted by atomic mass is 9.67. The van der Waals surface area contributed by atoms with Crippen LogP contribution < -0.4 is 10.1 Å². The molecule has 2 aromatic rings. The van der Waals surface area contributed by atoms with Crippen LogP contribution in [-0.4, -0.2) is 43.0 Å². The average molecular weight is 491 g/mol. The Labute approximate surface area is 210 Å². The third kappa shape index (κ3) is 4.63. The highest BCUT2D eigenvalue weighted by atomic mass is 16.5. The van der Waals surface area contributed by atoms with E-state index in [2.05, 4.69) is 10.3 Å². The maximum Gasteiger partial charge on any atom is 0.336 e. The molecule has 0 radical (unpaired) electrons. The first kappa shape index (κ1) is 25.2. The van der Waals surface area contributed by atoms with E-state index in [1.807, 2.05) is 24.3 Å². The Morgan fingerprint density at radius 3 is 2.53 bits per heavy atom. The zero-order valence-electron chi connectivity index (χ0n) is 20.9. The van der Waals surface area contributed by atoms with E-state index in [9.17, 15) is 14.4 Å². The molecule has 0 amide bonds. The van der Waals surface area contributed by atoms with E-state index in [1.54, 1.807) is 52.3 Å². The molecule has 0 unspecified atom stereocenters. The van der Waals surface area contributed by atoms with Gasteiger partial charge in [0.1, 0.15) is 11.7 Å². The van der Waals surface area contributed by atoms with Gasteiger partial charge in [0, 0.05) is 29.1 Å². The molecule has 0 fully saturated rings. The molecule has 3 atom stereocenters. The van der Waals surface area contributed by atoms with Crippen LogP contribution in [0.1, 0.15) is 50.3 Å². The number of rotatable bonds is 7. The van der Waals surface area contributed by atoms with Crippen molar-refractivity contribution in [2.24, 2.45) is 5.92 Å². The topological polar surface area (TPSA) is 104 Å². The van der Waals surface area contributed by atoms with Crippen molar-refractivity contribution in [2.75, 3.05) is 20.3 Å². The lowest BCUT2D eigenvalue weighted by molar-refractivity contribution is -0.152. The number of dihydropyridines is 1. The SMILES string of the molecule is CCOC(=O)C1=C(C)NC2=C(C(=O)[C@H](C(=O)OCC)[C@@H](c3cccc(OC)c3)C2)[C@@H]1c1ccccn1. The quantitative estimate of drug-likeness (QED) is 0.462. The smallest absolute Gasteiger partial charge is 0.336 e. The number of methoxy groups -OCH3 is 1. The van der Waals surface area contributed by atoms with Crippen molar-refractivity contribution in [1.82, 2.24) is 10.3 Å². The fourth-order valence-corrected chi connectivity index (χ4v) is 5.04. The molecule has 0 spiro atoms. The van der Waals surface area contributed by atoms with Crippen LogP contribution in [0.25, 0.3) is 0 Å². The fourth-order valence-electron chi connectivity index (χ4n) is 5.04. The molecule has 4 rings (SSSR count). The van der Waals surface area contributed by atoms with Crippen molar-refractivity contribution in [3.63, 3.8) is 0 Å². The van der Waals surface area contributed by atoms with Crippen molar-refractivity contribution in [1.29, 1.82) is 0 Å². The number of pyridine rings is 1. The van der Waals surface area contributed by atoms with Crippen LogP contribution in [0.15, 0.2) is 71.2 Å². The molecule has 0 saturated carbocycles. The first-order chi connectivity index (χ1) is 17.4. The van der Waals surface area contributed by atoms with E-state index in [0.717, 1.165) is 5.56 Å². The van der Waals surface area contributed by atoms with Gasteiger partial charge in [-0.2, -0.15) is 0 Å². The summed E-state index contributed by atoms with van der Waals surface area (Å²) in [7, 11) is 1.57. The largest absolute Gasteiger partial charge is 0.497 e. The minimum atomic E-state index is -1.08. The van der Waals surface area contributed by atoms with Gasteiger partial charge in [-0.25, -0.2) is 4.79 Å². The van der Waals surface area contributed by atoms with Gasteiger partial charge in [-0.1, -0.05) is 18.2 Å². The number of hydrogen-bond donors (Lipinski definition) is 1. The van der Waals surface area contributed by atoms with Crippen LogP contribution in [0.4, 0.5) is 0 Å². The highest BCUT2D eigenvalue weighted by molar-refractivity contribution is 6.13. The first-order valence-electron chi connectivity index (χ1n) is 12.0. The Morgan fingerprint density at radius 1 is 1.08 bits per heavy atom. The Morgan fingerprint density at radius 2 is 1.86 bits per heavy atom. The molecular weight excluding hydrogens is 460 g/mol.